The van der Waals surface area contributed by atoms with Crippen LogP contribution in [0.25, 0.3) is 0 Å². The zero-order valence-corrected chi connectivity index (χ0v) is 16.3. The average molecular weight is 371 g/mol. The van der Waals surface area contributed by atoms with E-state index in [9.17, 15) is 4.79 Å². The van der Waals surface area contributed by atoms with E-state index in [1.54, 1.807) is 0 Å². The number of amides is 1. The normalized spacial score (nSPS) is 19.1. The van der Waals surface area contributed by atoms with Gasteiger partial charge in [-0.3, -0.25) is 9.69 Å². The number of carbonyl (C=O) groups excluding carboxylic acids is 1. The summed E-state index contributed by atoms with van der Waals surface area (Å²) in [5.41, 5.74) is 3.51. The summed E-state index contributed by atoms with van der Waals surface area (Å²) in [6.45, 7) is 6.73. The molecule has 1 N–H and O–H groups in total. The van der Waals surface area contributed by atoms with Crippen LogP contribution < -0.4 is 5.32 Å². The topological polar surface area (TPSA) is 32.3 Å². The number of halogens is 1. The highest BCUT2D eigenvalue weighted by Gasteiger charge is 2.27. The first kappa shape index (κ1) is 18.9. The van der Waals surface area contributed by atoms with Gasteiger partial charge in [0, 0.05) is 18.1 Å². The van der Waals surface area contributed by atoms with E-state index < -0.39 is 0 Å². The molecule has 0 radical (unpaired) electrons. The number of nitrogens with zero attached hydrogens (tertiary/aromatic N) is 1. The minimum Gasteiger partial charge on any atom is -0.349 e. The molecular formula is C22H27ClN2O. The van der Waals surface area contributed by atoms with Gasteiger partial charge in [0.05, 0.1) is 12.0 Å². The van der Waals surface area contributed by atoms with Crippen LogP contribution in [-0.4, -0.2) is 23.9 Å². The Morgan fingerprint density at radius 1 is 1.23 bits per heavy atom. The van der Waals surface area contributed by atoms with Crippen LogP contribution >= 0.6 is 11.6 Å². The van der Waals surface area contributed by atoms with Crippen LogP contribution in [0, 0.1) is 12.8 Å². The lowest BCUT2D eigenvalue weighted by molar-refractivity contribution is -0.127. The van der Waals surface area contributed by atoms with Crippen molar-refractivity contribution in [1.82, 2.24) is 10.2 Å². The monoisotopic (exact) mass is 370 g/mol. The van der Waals surface area contributed by atoms with Crippen LogP contribution in [0.4, 0.5) is 0 Å². The molecule has 1 aliphatic heterocycles. The van der Waals surface area contributed by atoms with Gasteiger partial charge in [-0.25, -0.2) is 0 Å². The summed E-state index contributed by atoms with van der Waals surface area (Å²) >= 11 is 6.28. The summed E-state index contributed by atoms with van der Waals surface area (Å²) in [7, 11) is 0. The van der Waals surface area contributed by atoms with Crippen molar-refractivity contribution < 1.29 is 4.79 Å². The Hall–Kier alpha value is -1.84. The van der Waals surface area contributed by atoms with E-state index in [-0.39, 0.29) is 17.9 Å². The number of carbonyl (C=O) groups is 1. The van der Waals surface area contributed by atoms with E-state index in [0.29, 0.717) is 0 Å². The first-order valence-corrected chi connectivity index (χ1v) is 9.73. The van der Waals surface area contributed by atoms with Crippen LogP contribution in [0.5, 0.6) is 0 Å². The maximum absolute atomic E-state index is 12.7. The van der Waals surface area contributed by atoms with Gasteiger partial charge in [0.1, 0.15) is 0 Å². The molecule has 2 aromatic carbocycles. The summed E-state index contributed by atoms with van der Waals surface area (Å²) < 4.78 is 0. The largest absolute Gasteiger partial charge is 0.349 e. The Morgan fingerprint density at radius 2 is 1.96 bits per heavy atom. The Balaban J connectivity index is 1.57. The third-order valence-corrected chi connectivity index (χ3v) is 5.53. The molecule has 26 heavy (non-hydrogen) atoms. The Morgan fingerprint density at radius 3 is 2.69 bits per heavy atom. The van der Waals surface area contributed by atoms with Gasteiger partial charge in [-0.05, 0) is 50.4 Å². The molecule has 1 amide bonds. The lowest BCUT2D eigenvalue weighted by atomic mass is 9.95. The van der Waals surface area contributed by atoms with E-state index in [2.05, 4.69) is 47.5 Å². The quantitative estimate of drug-likeness (QED) is 0.824. The van der Waals surface area contributed by atoms with Crippen LogP contribution in [0.15, 0.2) is 48.5 Å². The second-order valence-corrected chi connectivity index (χ2v) is 7.71. The predicted octanol–water partition coefficient (Wildman–Crippen LogP) is 4.74. The maximum atomic E-state index is 12.7. The molecule has 0 unspecified atom stereocenters. The molecule has 138 valence electrons. The molecule has 0 bridgehead atoms. The minimum absolute atomic E-state index is 0.0297. The zero-order valence-electron chi connectivity index (χ0n) is 15.5. The lowest BCUT2D eigenvalue weighted by Crippen LogP contribution is -2.43. The van der Waals surface area contributed by atoms with E-state index in [1.165, 1.54) is 5.56 Å². The highest BCUT2D eigenvalue weighted by molar-refractivity contribution is 6.31. The number of piperidine rings is 1. The van der Waals surface area contributed by atoms with Crippen LogP contribution in [-0.2, 0) is 11.3 Å². The second-order valence-electron chi connectivity index (χ2n) is 7.31. The number of rotatable bonds is 5. The number of hydrogen-bond acceptors (Lipinski definition) is 2. The van der Waals surface area contributed by atoms with Crippen LogP contribution in [0.1, 0.15) is 42.5 Å². The molecule has 4 heteroatoms. The molecule has 3 nitrogen and oxygen atoms in total. The van der Waals surface area contributed by atoms with Gasteiger partial charge in [0.2, 0.25) is 5.91 Å². The van der Waals surface area contributed by atoms with Crippen molar-refractivity contribution in [2.45, 2.75) is 39.3 Å². The van der Waals surface area contributed by atoms with E-state index in [0.717, 1.165) is 48.6 Å². The van der Waals surface area contributed by atoms with Gasteiger partial charge in [-0.15, -0.1) is 0 Å². The van der Waals surface area contributed by atoms with Gasteiger partial charge in [0.15, 0.2) is 0 Å². The molecule has 1 fully saturated rings. The molecule has 1 saturated heterocycles. The van der Waals surface area contributed by atoms with Crippen molar-refractivity contribution in [1.29, 1.82) is 0 Å². The zero-order chi connectivity index (χ0) is 18.5. The summed E-state index contributed by atoms with van der Waals surface area (Å²) in [6, 6.07) is 16.3. The van der Waals surface area contributed by atoms with E-state index >= 15 is 0 Å². The fourth-order valence-corrected chi connectivity index (χ4v) is 3.75. The van der Waals surface area contributed by atoms with Gasteiger partial charge in [0.25, 0.3) is 0 Å². The van der Waals surface area contributed by atoms with Gasteiger partial charge < -0.3 is 5.32 Å². The Bertz CT molecular complexity index is 744. The summed E-state index contributed by atoms with van der Waals surface area (Å²) in [6.07, 6.45) is 1.99. The van der Waals surface area contributed by atoms with Crippen molar-refractivity contribution in [2.24, 2.45) is 5.92 Å². The van der Waals surface area contributed by atoms with Crippen molar-refractivity contribution in [3.05, 3.63) is 70.2 Å². The first-order valence-electron chi connectivity index (χ1n) is 9.35. The number of likely N-dealkylation sites (tertiary alicyclic amines) is 1. The fourth-order valence-electron chi connectivity index (χ4n) is 3.55. The third kappa shape index (κ3) is 4.87. The predicted molar refractivity (Wildman–Crippen MR) is 107 cm³/mol. The standard InChI is InChI=1S/C22H27ClN2O/c1-16-9-11-18(12-10-16)17(2)24-22(26)20-7-5-13-25(15-20)14-19-6-3-4-8-21(19)23/h3-4,6,8-12,17,20H,5,7,13-15H2,1-2H3,(H,24,26)/t17-,20+/m1/s1. The molecule has 1 aliphatic rings. The Labute approximate surface area is 161 Å². The molecular weight excluding hydrogens is 344 g/mol. The van der Waals surface area contributed by atoms with Crippen molar-refractivity contribution >= 4 is 17.5 Å². The molecule has 0 aromatic heterocycles. The molecule has 1 heterocycles. The number of aryl methyl sites for hydroxylation is 1. The van der Waals surface area contributed by atoms with Crippen molar-refractivity contribution in [3.63, 3.8) is 0 Å². The van der Waals surface area contributed by atoms with Crippen molar-refractivity contribution in [2.75, 3.05) is 13.1 Å². The summed E-state index contributed by atoms with van der Waals surface area (Å²) in [5.74, 6) is 0.195. The molecule has 3 rings (SSSR count). The molecule has 0 aliphatic carbocycles. The average Bonchev–Trinajstić information content (AvgIpc) is 2.64. The molecule has 2 aromatic rings. The molecule has 2 atom stereocenters. The smallest absolute Gasteiger partial charge is 0.224 e. The molecule has 0 saturated carbocycles. The SMILES string of the molecule is Cc1ccc([C@@H](C)NC(=O)[C@H]2CCCN(Cc3ccccc3Cl)C2)cc1. The van der Waals surface area contributed by atoms with Crippen LogP contribution in [0.2, 0.25) is 5.02 Å². The number of benzene rings is 2. The van der Waals surface area contributed by atoms with Gasteiger partial charge in [-0.1, -0.05) is 59.6 Å². The minimum atomic E-state index is 0.0297. The number of hydrogen-bond donors (Lipinski definition) is 1. The lowest BCUT2D eigenvalue weighted by Gasteiger charge is -2.32. The van der Waals surface area contributed by atoms with Crippen LogP contribution in [0.3, 0.4) is 0 Å². The van der Waals surface area contributed by atoms with Gasteiger partial charge in [-0.2, -0.15) is 0 Å². The maximum Gasteiger partial charge on any atom is 0.224 e. The highest BCUT2D eigenvalue weighted by atomic mass is 35.5. The van der Waals surface area contributed by atoms with Gasteiger partial charge >= 0.3 is 0 Å². The first-order chi connectivity index (χ1) is 12.5. The summed E-state index contributed by atoms with van der Waals surface area (Å²) in [5, 5.41) is 3.99. The molecule has 0 spiro atoms. The third-order valence-electron chi connectivity index (χ3n) is 5.16. The van der Waals surface area contributed by atoms with E-state index in [4.69, 9.17) is 11.6 Å². The Kier molecular flexibility index (Phi) is 6.33. The van der Waals surface area contributed by atoms with E-state index in [1.807, 2.05) is 25.1 Å². The number of nitrogens with one attached hydrogen (secondary N) is 1. The fraction of sp³-hybridized carbons (Fsp3) is 0.409. The second kappa shape index (κ2) is 8.70. The highest BCUT2D eigenvalue weighted by Crippen LogP contribution is 2.23. The van der Waals surface area contributed by atoms with Crippen molar-refractivity contribution in [3.8, 4) is 0 Å². The summed E-state index contributed by atoms with van der Waals surface area (Å²) in [4.78, 5) is 15.1.